The largest absolute Gasteiger partial charge is 0.507 e. The minimum atomic E-state index is -2.44. The van der Waals surface area contributed by atoms with Gasteiger partial charge in [0.15, 0.2) is 36.0 Å². The van der Waals surface area contributed by atoms with Gasteiger partial charge in [0.25, 0.3) is 5.91 Å². The SMILES string of the molecule is CN[C@H](CC(C)C)C(=O)N[C@H]1C(=O)N[C@@H](CC(N)=O)C(=O)N[C@H]2C(=O)N[C@H]3C(=O)N[C@H](C(=O)N[C@H](C(=O)O)c4cc(O)c(CNCCCNC(=O)[C@H](O)[C@@H](O)[C@H](O)[C@H](O)CO)c(O)c4-c4cc3ccc4O)[C@H](O)c3ccc(c(Cl)c3)Oc3cc2cc(c3O[C@@H]2O[C@H](CO)[C@@H](O)[C@H](O)[C@H]2O[C@H]2C[C@](C)(NCc3ccc(C#C[Si](C)(C)C)cc3)[C@H](O)[C@H](C)O2)Oc2ccc(cc2Cl)[C@H]1O. The molecule has 0 radical (unpaired) electrons. The fourth-order valence-electron chi connectivity index (χ4n) is 15.6. The maximum atomic E-state index is 16.5. The van der Waals surface area contributed by atoms with Crippen molar-refractivity contribution in [3.05, 3.63) is 152 Å². The van der Waals surface area contributed by atoms with E-state index in [0.717, 1.165) is 71.8 Å². The number of aromatic hydroxyl groups is 3. The Morgan fingerprint density at radius 1 is 0.689 bits per heavy atom. The molecule has 714 valence electrons. The van der Waals surface area contributed by atoms with Crippen molar-refractivity contribution in [1.29, 1.82) is 0 Å². The summed E-state index contributed by atoms with van der Waals surface area (Å²) in [5.74, 6) is -15.1. The van der Waals surface area contributed by atoms with Crippen molar-refractivity contribution in [3.8, 4) is 68.6 Å². The standard InChI is InChI=1S/C88H109Cl2N11O30Si/c1-37(2)24-50(92-5)79(117)100-66-68(108)42-15-18-55(48(89)26-42)127-57-28-44-29-58(76(57)131-87-77(74(114)72(112)59(36-103)129-87)130-61-32-88(4,78(116)38(3)126-61)95-33-40-12-10-39(11-13-40)20-23-132(6,7)8)128-56-19-16-43(27-49(56)90)69(109)67-84(122)99-65(86(124)125)46-30-53(105)47(34-93-21-9-22-94-85(123)75(115)73(113)71(111)54(106)35-102)70(110)62(46)45-25-41(14-17-52(45)104)63(81(119)101-67)98-82(120)64(44)97-80(118)51(31-60(91)107)96-83(66)121/h10-19,25-30,37-38,50-51,54,59,61,63-69,71-75,77-78,87,92-93,95,102-106,108-116H,9,21-22,24,31-36H2,1-8H3,(H2,91,107)(H,94,123)(H,96,121)(H,97,118)(H,98,120)(H,99,122)(H,100,117)(H,101,119)(H,124,125)/t38-,50+,51-,54+,59+,61-,63+,64+,65-,66+,67-,68+,69+,71+,72+,73-,74-,75+,77+,78+,87-,88-/m0/s1. The van der Waals surface area contributed by atoms with Crippen LogP contribution in [0.25, 0.3) is 11.1 Å². The third kappa shape index (κ3) is 23.8. The molecule has 13 rings (SSSR count). The van der Waals surface area contributed by atoms with E-state index in [0.29, 0.717) is 0 Å². The first-order chi connectivity index (χ1) is 62.3. The van der Waals surface area contributed by atoms with Crippen molar-refractivity contribution in [2.45, 2.75) is 220 Å². The van der Waals surface area contributed by atoms with E-state index in [1.54, 1.807) is 27.7 Å². The van der Waals surface area contributed by atoms with Crippen LogP contribution in [0.1, 0.15) is 128 Å². The predicted octanol–water partition coefficient (Wildman–Crippen LogP) is -0.802. The number of hydrogen-bond donors (Lipinski definition) is 26. The molecular weight excluding hydrogens is 1790 g/mol. The van der Waals surface area contributed by atoms with Gasteiger partial charge >= 0.3 is 5.97 Å². The average Bonchev–Trinajstić information content (AvgIpc) is 0.756. The molecular formula is C88H109Cl2N11O30Si. The van der Waals surface area contributed by atoms with E-state index in [1.807, 2.05) is 24.3 Å². The number of benzene rings is 6. The summed E-state index contributed by atoms with van der Waals surface area (Å²) in [7, 11) is -0.269. The van der Waals surface area contributed by atoms with Gasteiger partial charge in [-0.25, -0.2) is 4.79 Å². The molecule has 6 aromatic carbocycles. The lowest BCUT2D eigenvalue weighted by Crippen LogP contribution is -2.65. The highest BCUT2D eigenvalue weighted by molar-refractivity contribution is 6.83. The number of phenols is 3. The number of carboxylic acids is 1. The molecule has 0 spiro atoms. The fourth-order valence-corrected chi connectivity index (χ4v) is 16.5. The van der Waals surface area contributed by atoms with Crippen LogP contribution in [-0.2, 0) is 70.5 Å². The summed E-state index contributed by atoms with van der Waals surface area (Å²) < 4.78 is 39.6. The van der Waals surface area contributed by atoms with Crippen LogP contribution in [0.15, 0.2) is 97.1 Å². The molecule has 27 N–H and O–H groups in total. The van der Waals surface area contributed by atoms with Gasteiger partial charge in [0.1, 0.15) is 116 Å². The van der Waals surface area contributed by atoms with E-state index in [-0.39, 0.29) is 61.7 Å². The summed E-state index contributed by atoms with van der Waals surface area (Å²) in [6.45, 7) is 10.5. The zero-order valence-corrected chi connectivity index (χ0v) is 75.2. The number of carbonyl (C=O) groups excluding carboxylic acids is 8. The minimum Gasteiger partial charge on any atom is -0.507 e. The van der Waals surface area contributed by atoms with Crippen LogP contribution in [-0.4, -0.2) is 275 Å². The Hall–Kier alpha value is -11.0. The van der Waals surface area contributed by atoms with Crippen LogP contribution in [0.3, 0.4) is 0 Å². The lowest BCUT2D eigenvalue weighted by Gasteiger charge is -2.48. The Morgan fingerprint density at radius 2 is 1.31 bits per heavy atom. The molecule has 0 aromatic heterocycles. The molecule has 2 saturated heterocycles. The van der Waals surface area contributed by atoms with Gasteiger partial charge in [0.2, 0.25) is 53.4 Å². The second-order valence-corrected chi connectivity index (χ2v) is 40.0. The lowest BCUT2D eigenvalue weighted by molar-refractivity contribution is -0.334. The third-order valence-electron chi connectivity index (χ3n) is 22.9. The lowest BCUT2D eigenvalue weighted by atomic mass is 9.84. The molecule has 11 bridgehead atoms. The van der Waals surface area contributed by atoms with Crippen molar-refractivity contribution >= 4 is 84.5 Å². The van der Waals surface area contributed by atoms with E-state index < -0.39 is 305 Å². The number of likely N-dealkylation sites (N-methyl/N-ethyl adjacent to an activating group) is 1. The van der Waals surface area contributed by atoms with E-state index in [1.165, 1.54) is 19.2 Å². The van der Waals surface area contributed by atoms with Crippen molar-refractivity contribution in [2.75, 3.05) is 33.4 Å². The number of carboxylic acid groups (broad SMARTS) is 1. The molecule has 0 unspecified atom stereocenters. The number of primary amides is 1. The Morgan fingerprint density at radius 3 is 1.91 bits per heavy atom. The number of rotatable bonds is 27. The number of carbonyl (C=O) groups is 9. The number of hydrogen-bond acceptors (Lipinski definition) is 32. The van der Waals surface area contributed by atoms with Gasteiger partial charge in [-0.1, -0.05) is 92.9 Å². The summed E-state index contributed by atoms with van der Waals surface area (Å²) in [4.78, 5) is 133. The smallest absolute Gasteiger partial charge is 0.330 e. The number of ether oxygens (including phenoxy) is 6. The first-order valence-corrected chi connectivity index (χ1v) is 46.5. The van der Waals surface area contributed by atoms with Crippen LogP contribution in [0.5, 0.6) is 46.0 Å². The van der Waals surface area contributed by atoms with E-state index in [4.69, 9.17) is 57.4 Å². The van der Waals surface area contributed by atoms with Gasteiger partial charge in [-0.15, -0.1) is 5.54 Å². The maximum Gasteiger partial charge on any atom is 0.330 e. The molecule has 7 aliphatic rings. The van der Waals surface area contributed by atoms with Crippen molar-refractivity contribution < 1.29 is 148 Å². The van der Waals surface area contributed by atoms with Gasteiger partial charge in [-0.3, -0.25) is 38.4 Å². The highest BCUT2D eigenvalue weighted by Gasteiger charge is 2.53. The molecule has 0 aliphatic carbocycles. The molecule has 8 amide bonds. The van der Waals surface area contributed by atoms with Crippen molar-refractivity contribution in [2.24, 2.45) is 11.7 Å². The topological polar surface area (TPSA) is 659 Å². The molecule has 6 aromatic rings. The predicted molar refractivity (Wildman–Crippen MR) is 469 cm³/mol. The zero-order chi connectivity index (χ0) is 96.6. The summed E-state index contributed by atoms with van der Waals surface area (Å²) in [5, 5.41) is 194. The number of aliphatic carboxylic acids is 1. The summed E-state index contributed by atoms with van der Waals surface area (Å²) in [5.41, 5.74) is 5.58. The Balaban J connectivity index is 1.08. The van der Waals surface area contributed by atoms with Gasteiger partial charge in [0.05, 0.1) is 53.5 Å². The molecule has 7 heterocycles. The second kappa shape index (κ2) is 43.4. The van der Waals surface area contributed by atoms with Crippen LogP contribution >= 0.6 is 23.2 Å². The normalized spacial score (nSPS) is 26.3. The first kappa shape index (κ1) is 102. The molecule has 0 saturated carbocycles. The van der Waals surface area contributed by atoms with Crippen LogP contribution in [0, 0.1) is 17.4 Å². The molecule has 44 heteroatoms. The highest BCUT2D eigenvalue weighted by atomic mass is 35.5. The number of fused-ring (bicyclic) bond motifs is 15. The number of aliphatic hydroxyl groups excluding tert-OH is 11. The maximum absolute atomic E-state index is 16.5. The first-order valence-electron chi connectivity index (χ1n) is 42.2. The second-order valence-electron chi connectivity index (χ2n) is 34.4. The summed E-state index contributed by atoms with van der Waals surface area (Å²) in [6, 6.07) is 4.99. The third-order valence-corrected chi connectivity index (χ3v) is 24.4. The van der Waals surface area contributed by atoms with Gasteiger partial charge in [0, 0.05) is 53.8 Å². The van der Waals surface area contributed by atoms with Crippen LogP contribution in [0.4, 0.5) is 0 Å². The summed E-state index contributed by atoms with van der Waals surface area (Å²) in [6.07, 6.45) is -27.7. The summed E-state index contributed by atoms with van der Waals surface area (Å²) >= 11 is 14.4. The number of halogens is 2. The average molecular weight is 1900 g/mol. The number of aliphatic hydroxyl groups is 11. The molecule has 41 nitrogen and oxygen atoms in total. The highest BCUT2D eigenvalue weighted by Crippen LogP contribution is 2.51. The number of nitrogens with two attached hydrogens (primary N) is 1. The Bertz CT molecular complexity index is 5340. The van der Waals surface area contributed by atoms with Gasteiger partial charge < -0.3 is 164 Å². The molecule has 2 fully saturated rings. The molecule has 22 atom stereocenters. The van der Waals surface area contributed by atoms with Crippen LogP contribution in [0.2, 0.25) is 29.7 Å². The Labute approximate surface area is 767 Å². The van der Waals surface area contributed by atoms with Crippen molar-refractivity contribution in [3.63, 3.8) is 0 Å². The molecule has 7 aliphatic heterocycles. The quantitative estimate of drug-likeness (QED) is 0.0170. The van der Waals surface area contributed by atoms with Crippen molar-refractivity contribution in [1.82, 2.24) is 53.2 Å². The van der Waals surface area contributed by atoms with E-state index in [9.17, 15) is 95.8 Å². The fraction of sp³-hybridized carbons (Fsp3) is 0.466. The molecule has 132 heavy (non-hydrogen) atoms. The number of phenolic OH excluding ortho intramolecular Hbond substituents is 3. The van der Waals surface area contributed by atoms with E-state index >= 15 is 24.0 Å². The Kier molecular flexibility index (Phi) is 33.4. The minimum absolute atomic E-state index is 0.0176. The van der Waals surface area contributed by atoms with Gasteiger partial charge in [-0.2, -0.15) is 0 Å². The number of amides is 8. The monoisotopic (exact) mass is 1900 g/mol. The van der Waals surface area contributed by atoms with Crippen LogP contribution < -0.4 is 73.1 Å². The number of nitrogens with one attached hydrogen (secondary N) is 10. The van der Waals surface area contributed by atoms with E-state index in [2.05, 4.69) is 84.3 Å². The zero-order valence-electron chi connectivity index (χ0n) is 72.7. The van der Waals surface area contributed by atoms with Gasteiger partial charge in [-0.05, 0) is 141 Å².